The fraction of sp³-hybridized carbons (Fsp3) is 0.538. The molecule has 1 aliphatic rings. The molecule has 1 aliphatic carbocycles. The van der Waals surface area contributed by atoms with Gasteiger partial charge >= 0.3 is 0 Å². The van der Waals surface area contributed by atoms with E-state index in [1.54, 1.807) is 0 Å². The van der Waals surface area contributed by atoms with E-state index in [9.17, 15) is 0 Å². The molecule has 0 heterocycles. The fourth-order valence-electron chi connectivity index (χ4n) is 2.30. The zero-order valence-electron chi connectivity index (χ0n) is 9.42. The molecule has 0 bridgehead atoms. The van der Waals surface area contributed by atoms with Crippen molar-refractivity contribution < 1.29 is 4.74 Å². The van der Waals surface area contributed by atoms with Gasteiger partial charge in [0.2, 0.25) is 0 Å². The van der Waals surface area contributed by atoms with Gasteiger partial charge in [0.15, 0.2) is 0 Å². The van der Waals surface area contributed by atoms with Crippen LogP contribution in [-0.4, -0.2) is 12.1 Å². The van der Waals surface area contributed by atoms with Crippen molar-refractivity contribution in [2.75, 3.05) is 6.54 Å². The van der Waals surface area contributed by atoms with Crippen molar-refractivity contribution in [3.8, 4) is 5.75 Å². The summed E-state index contributed by atoms with van der Waals surface area (Å²) in [4.78, 5) is 0. The normalized spacial score (nSPS) is 19.4. The highest BCUT2D eigenvalue weighted by Crippen LogP contribution is 2.35. The van der Waals surface area contributed by atoms with Crippen LogP contribution in [0.1, 0.15) is 32.1 Å². The summed E-state index contributed by atoms with van der Waals surface area (Å²) in [6.45, 7) is 0.605. The van der Waals surface area contributed by atoms with E-state index in [0.717, 1.165) is 23.1 Å². The molecule has 0 unspecified atom stereocenters. The number of benzene rings is 1. The monoisotopic (exact) mass is 283 g/mol. The van der Waals surface area contributed by atoms with E-state index in [0.29, 0.717) is 6.54 Å². The fourth-order valence-corrected chi connectivity index (χ4v) is 2.67. The summed E-state index contributed by atoms with van der Waals surface area (Å²) in [6.07, 6.45) is 5.90. The summed E-state index contributed by atoms with van der Waals surface area (Å²) in [6, 6.07) is 7.98. The van der Waals surface area contributed by atoms with Crippen LogP contribution in [0.15, 0.2) is 28.7 Å². The van der Waals surface area contributed by atoms with Gasteiger partial charge in [0, 0.05) is 6.54 Å². The maximum absolute atomic E-state index is 6.15. The molecule has 3 heteroatoms. The minimum atomic E-state index is -0.137. The molecule has 2 rings (SSSR count). The number of ether oxygens (including phenoxy) is 1. The van der Waals surface area contributed by atoms with E-state index < -0.39 is 0 Å². The molecule has 2 N–H and O–H groups in total. The second-order valence-corrected chi connectivity index (χ2v) is 5.33. The second kappa shape index (κ2) is 5.19. The predicted octanol–water partition coefficient (Wildman–Crippen LogP) is 3.49. The molecule has 1 aromatic carbocycles. The molecular weight excluding hydrogens is 266 g/mol. The van der Waals surface area contributed by atoms with Gasteiger partial charge in [-0.2, -0.15) is 0 Å². The van der Waals surface area contributed by atoms with Crippen molar-refractivity contribution in [2.24, 2.45) is 5.73 Å². The highest BCUT2D eigenvalue weighted by molar-refractivity contribution is 9.10. The van der Waals surface area contributed by atoms with Gasteiger partial charge in [-0.1, -0.05) is 18.6 Å². The van der Waals surface area contributed by atoms with Crippen molar-refractivity contribution in [2.45, 2.75) is 37.7 Å². The molecule has 1 saturated carbocycles. The van der Waals surface area contributed by atoms with Crippen LogP contribution in [0.3, 0.4) is 0 Å². The molecule has 0 aromatic heterocycles. The maximum atomic E-state index is 6.15. The molecule has 0 amide bonds. The molecule has 1 fully saturated rings. The summed E-state index contributed by atoms with van der Waals surface area (Å²) in [5, 5.41) is 0. The number of hydrogen-bond acceptors (Lipinski definition) is 2. The van der Waals surface area contributed by atoms with Crippen LogP contribution in [0.25, 0.3) is 0 Å². The first-order chi connectivity index (χ1) is 7.76. The topological polar surface area (TPSA) is 35.2 Å². The molecular formula is C13H18BrNO. The molecule has 0 aliphatic heterocycles. The van der Waals surface area contributed by atoms with Crippen LogP contribution in [-0.2, 0) is 0 Å². The number of para-hydroxylation sites is 1. The molecule has 0 atom stereocenters. The summed E-state index contributed by atoms with van der Waals surface area (Å²) in [5.74, 6) is 0.912. The van der Waals surface area contributed by atoms with E-state index in [1.807, 2.05) is 24.3 Å². The van der Waals surface area contributed by atoms with Gasteiger partial charge in [0.05, 0.1) is 4.47 Å². The average Bonchev–Trinajstić information content (AvgIpc) is 2.33. The Morgan fingerprint density at radius 3 is 2.50 bits per heavy atom. The van der Waals surface area contributed by atoms with Gasteiger partial charge in [0.1, 0.15) is 11.4 Å². The van der Waals surface area contributed by atoms with E-state index in [1.165, 1.54) is 19.3 Å². The summed E-state index contributed by atoms with van der Waals surface area (Å²) < 4.78 is 7.16. The predicted molar refractivity (Wildman–Crippen MR) is 69.6 cm³/mol. The average molecular weight is 284 g/mol. The first kappa shape index (κ1) is 11.9. The molecule has 16 heavy (non-hydrogen) atoms. The number of rotatable bonds is 3. The van der Waals surface area contributed by atoms with Crippen LogP contribution < -0.4 is 10.5 Å². The van der Waals surface area contributed by atoms with Gasteiger partial charge in [-0.15, -0.1) is 0 Å². The number of halogens is 1. The SMILES string of the molecule is NCC1(Oc2ccccc2Br)CCCCC1. The quantitative estimate of drug-likeness (QED) is 0.922. The highest BCUT2D eigenvalue weighted by atomic mass is 79.9. The van der Waals surface area contributed by atoms with E-state index in [-0.39, 0.29) is 5.60 Å². The molecule has 0 spiro atoms. The first-order valence-electron chi connectivity index (χ1n) is 5.89. The van der Waals surface area contributed by atoms with Crippen molar-refractivity contribution >= 4 is 15.9 Å². The van der Waals surface area contributed by atoms with E-state index in [4.69, 9.17) is 10.5 Å². The first-order valence-corrected chi connectivity index (χ1v) is 6.69. The van der Waals surface area contributed by atoms with Crippen LogP contribution in [0.4, 0.5) is 0 Å². The third-order valence-electron chi connectivity index (χ3n) is 3.30. The van der Waals surface area contributed by atoms with Gasteiger partial charge in [-0.25, -0.2) is 0 Å². The third-order valence-corrected chi connectivity index (χ3v) is 3.96. The van der Waals surface area contributed by atoms with Crippen LogP contribution in [0.5, 0.6) is 5.75 Å². The Labute approximate surface area is 105 Å². The molecule has 1 aromatic rings. The zero-order valence-corrected chi connectivity index (χ0v) is 11.0. The molecule has 88 valence electrons. The van der Waals surface area contributed by atoms with Gasteiger partial charge in [0.25, 0.3) is 0 Å². The third kappa shape index (κ3) is 2.58. The van der Waals surface area contributed by atoms with Crippen LogP contribution in [0, 0.1) is 0 Å². The Morgan fingerprint density at radius 2 is 1.88 bits per heavy atom. The minimum Gasteiger partial charge on any atom is -0.485 e. The summed E-state index contributed by atoms with van der Waals surface area (Å²) in [5.41, 5.74) is 5.76. The van der Waals surface area contributed by atoms with Crippen LogP contribution >= 0.6 is 15.9 Å². The second-order valence-electron chi connectivity index (χ2n) is 4.48. The lowest BCUT2D eigenvalue weighted by Gasteiger charge is -2.37. The van der Waals surface area contributed by atoms with Crippen molar-refractivity contribution in [1.29, 1.82) is 0 Å². The Bertz CT molecular complexity index is 348. The Balaban J connectivity index is 2.15. The smallest absolute Gasteiger partial charge is 0.134 e. The van der Waals surface area contributed by atoms with Crippen LogP contribution in [0.2, 0.25) is 0 Å². The summed E-state index contributed by atoms with van der Waals surface area (Å²) in [7, 11) is 0. The summed E-state index contributed by atoms with van der Waals surface area (Å²) >= 11 is 3.51. The van der Waals surface area contributed by atoms with Gasteiger partial charge < -0.3 is 10.5 Å². The standard InChI is InChI=1S/C13H18BrNO/c14-11-6-2-3-7-12(11)16-13(10-15)8-4-1-5-9-13/h2-3,6-7H,1,4-5,8-10,15H2. The lowest BCUT2D eigenvalue weighted by Crippen LogP contribution is -2.45. The van der Waals surface area contributed by atoms with Crippen molar-refractivity contribution in [1.82, 2.24) is 0 Å². The van der Waals surface area contributed by atoms with E-state index in [2.05, 4.69) is 15.9 Å². The number of hydrogen-bond donors (Lipinski definition) is 1. The molecule has 0 radical (unpaired) electrons. The maximum Gasteiger partial charge on any atom is 0.134 e. The Hall–Kier alpha value is -0.540. The molecule has 2 nitrogen and oxygen atoms in total. The van der Waals surface area contributed by atoms with Crippen molar-refractivity contribution in [3.05, 3.63) is 28.7 Å². The Morgan fingerprint density at radius 1 is 1.19 bits per heavy atom. The van der Waals surface area contributed by atoms with E-state index >= 15 is 0 Å². The zero-order chi connectivity index (χ0) is 11.4. The van der Waals surface area contributed by atoms with Crippen molar-refractivity contribution in [3.63, 3.8) is 0 Å². The highest BCUT2D eigenvalue weighted by Gasteiger charge is 2.33. The van der Waals surface area contributed by atoms with Gasteiger partial charge in [-0.3, -0.25) is 0 Å². The lowest BCUT2D eigenvalue weighted by atomic mass is 9.84. The number of nitrogens with two attached hydrogens (primary N) is 1. The molecule has 0 saturated heterocycles. The Kier molecular flexibility index (Phi) is 3.87. The largest absolute Gasteiger partial charge is 0.485 e. The minimum absolute atomic E-state index is 0.137. The van der Waals surface area contributed by atoms with Gasteiger partial charge in [-0.05, 0) is 53.7 Å². The lowest BCUT2D eigenvalue weighted by molar-refractivity contribution is 0.0379.